The van der Waals surface area contributed by atoms with E-state index in [-0.39, 0.29) is 43.2 Å². The monoisotopic (exact) mass is 241 g/mol. The number of rotatable bonds is 3. The molecule has 17 heavy (non-hydrogen) atoms. The second-order valence-electron chi connectivity index (χ2n) is 3.57. The minimum atomic E-state index is -0.908. The Morgan fingerprint density at radius 2 is 2.18 bits per heavy atom. The van der Waals surface area contributed by atoms with Gasteiger partial charge in [-0.3, -0.25) is 4.79 Å². The first-order chi connectivity index (χ1) is 8.15. The van der Waals surface area contributed by atoms with Crippen molar-refractivity contribution in [1.82, 2.24) is 0 Å². The van der Waals surface area contributed by atoms with Crippen molar-refractivity contribution < 1.29 is 23.8 Å². The maximum absolute atomic E-state index is 13.4. The van der Waals surface area contributed by atoms with Gasteiger partial charge in [0, 0.05) is 12.5 Å². The lowest BCUT2D eigenvalue weighted by Gasteiger charge is -2.21. The molecule has 0 unspecified atom stereocenters. The molecule has 92 valence electrons. The summed E-state index contributed by atoms with van der Waals surface area (Å²) in [4.78, 5) is 11.7. The van der Waals surface area contributed by atoms with Crippen LogP contribution < -0.4 is 15.2 Å². The lowest BCUT2D eigenvalue weighted by Crippen LogP contribution is -2.19. The third kappa shape index (κ3) is 2.03. The number of fused-ring (bicyclic) bond motifs is 1. The number of aromatic hydroxyl groups is 1. The van der Waals surface area contributed by atoms with Gasteiger partial charge in [0.1, 0.15) is 18.8 Å². The standard InChI is InChI=1S/C11H12FNO4/c12-6-5-8-11(17-4-3-16-8)9(10(6)15)7(14)1-2-13/h5,15H,1-4,13H2. The van der Waals surface area contributed by atoms with Gasteiger partial charge in [0.05, 0.1) is 0 Å². The van der Waals surface area contributed by atoms with Crippen molar-refractivity contribution in [3.05, 3.63) is 17.4 Å². The van der Waals surface area contributed by atoms with E-state index in [0.29, 0.717) is 0 Å². The van der Waals surface area contributed by atoms with Gasteiger partial charge in [0.25, 0.3) is 0 Å². The fourth-order valence-corrected chi connectivity index (χ4v) is 1.66. The molecule has 0 fully saturated rings. The number of carbonyl (C=O) groups is 1. The van der Waals surface area contributed by atoms with Crippen LogP contribution in [0.3, 0.4) is 0 Å². The molecule has 0 bridgehead atoms. The molecule has 6 heteroatoms. The number of carbonyl (C=O) groups excluding carboxylic acids is 1. The predicted octanol–water partition coefficient (Wildman–Crippen LogP) is 0.834. The normalized spacial score (nSPS) is 13.5. The van der Waals surface area contributed by atoms with E-state index in [4.69, 9.17) is 15.2 Å². The van der Waals surface area contributed by atoms with Gasteiger partial charge in [0.2, 0.25) is 0 Å². The lowest BCUT2D eigenvalue weighted by atomic mass is 10.0. The SMILES string of the molecule is NCCC(=O)c1c(O)c(F)cc2c1OCCO2. The molecule has 0 spiro atoms. The highest BCUT2D eigenvalue weighted by Gasteiger charge is 2.27. The molecule has 0 radical (unpaired) electrons. The molecule has 1 aliphatic heterocycles. The second kappa shape index (κ2) is 4.58. The van der Waals surface area contributed by atoms with Crippen molar-refractivity contribution in [2.45, 2.75) is 6.42 Å². The van der Waals surface area contributed by atoms with E-state index in [1.807, 2.05) is 0 Å². The number of phenolic OH excluding ortho intramolecular Hbond substituents is 1. The molecule has 0 amide bonds. The Balaban J connectivity index is 2.54. The summed E-state index contributed by atoms with van der Waals surface area (Å²) >= 11 is 0. The number of phenols is 1. The molecule has 1 aromatic carbocycles. The van der Waals surface area contributed by atoms with Crippen molar-refractivity contribution in [3.8, 4) is 17.2 Å². The quantitative estimate of drug-likeness (QED) is 0.766. The molecule has 1 heterocycles. The first-order valence-electron chi connectivity index (χ1n) is 5.19. The van der Waals surface area contributed by atoms with E-state index in [2.05, 4.69) is 0 Å². The molecule has 0 saturated carbocycles. The third-order valence-electron chi connectivity index (χ3n) is 2.41. The van der Waals surface area contributed by atoms with Gasteiger partial charge in [0.15, 0.2) is 28.8 Å². The summed E-state index contributed by atoms with van der Waals surface area (Å²) in [5.41, 5.74) is 5.07. The number of ketones is 1. The molecular weight excluding hydrogens is 229 g/mol. The molecule has 0 saturated heterocycles. The highest BCUT2D eigenvalue weighted by molar-refractivity contribution is 6.02. The molecule has 5 nitrogen and oxygen atoms in total. The fourth-order valence-electron chi connectivity index (χ4n) is 1.66. The minimum absolute atomic E-state index is 0.00676. The van der Waals surface area contributed by atoms with E-state index in [1.54, 1.807) is 0 Å². The fraction of sp³-hybridized carbons (Fsp3) is 0.364. The summed E-state index contributed by atoms with van der Waals surface area (Å²) in [5, 5.41) is 9.58. The largest absolute Gasteiger partial charge is 0.504 e. The number of halogens is 1. The molecule has 1 aliphatic rings. The maximum atomic E-state index is 13.4. The summed E-state index contributed by atoms with van der Waals surface area (Å²) < 4.78 is 23.8. The zero-order valence-corrected chi connectivity index (χ0v) is 9.03. The van der Waals surface area contributed by atoms with Crippen molar-refractivity contribution in [1.29, 1.82) is 0 Å². The molecular formula is C11H12FNO4. The molecule has 2 rings (SSSR count). The van der Waals surface area contributed by atoms with E-state index in [0.717, 1.165) is 6.07 Å². The molecule has 0 atom stereocenters. The lowest BCUT2D eigenvalue weighted by molar-refractivity contribution is 0.0969. The summed E-state index contributed by atoms with van der Waals surface area (Å²) in [6.07, 6.45) is 0.00676. The first kappa shape index (κ1) is 11.7. The summed E-state index contributed by atoms with van der Waals surface area (Å²) in [5.74, 6) is -1.87. The van der Waals surface area contributed by atoms with Crippen LogP contribution in [0.25, 0.3) is 0 Å². The zero-order chi connectivity index (χ0) is 12.4. The van der Waals surface area contributed by atoms with Crippen LogP contribution in [0.1, 0.15) is 16.8 Å². The van der Waals surface area contributed by atoms with Gasteiger partial charge in [-0.05, 0) is 6.54 Å². The molecule has 1 aromatic rings. The van der Waals surface area contributed by atoms with Crippen molar-refractivity contribution in [2.24, 2.45) is 5.73 Å². The van der Waals surface area contributed by atoms with Crippen molar-refractivity contribution >= 4 is 5.78 Å². The first-order valence-corrected chi connectivity index (χ1v) is 5.19. The van der Waals surface area contributed by atoms with Gasteiger partial charge >= 0.3 is 0 Å². The third-order valence-corrected chi connectivity index (χ3v) is 2.41. The highest BCUT2D eigenvalue weighted by atomic mass is 19.1. The average molecular weight is 241 g/mol. The van der Waals surface area contributed by atoms with Crippen LogP contribution in [0.5, 0.6) is 17.2 Å². The van der Waals surface area contributed by atoms with Gasteiger partial charge < -0.3 is 20.3 Å². The predicted molar refractivity (Wildman–Crippen MR) is 57.1 cm³/mol. The summed E-state index contributed by atoms with van der Waals surface area (Å²) in [6, 6.07) is 1.00. The molecule has 0 aromatic heterocycles. The van der Waals surface area contributed by atoms with Crippen LogP contribution in [0.2, 0.25) is 0 Å². The van der Waals surface area contributed by atoms with Gasteiger partial charge in [-0.15, -0.1) is 0 Å². The van der Waals surface area contributed by atoms with Gasteiger partial charge in [-0.2, -0.15) is 0 Å². The van der Waals surface area contributed by atoms with Crippen LogP contribution in [-0.4, -0.2) is 30.6 Å². The summed E-state index contributed by atoms with van der Waals surface area (Å²) in [7, 11) is 0. The van der Waals surface area contributed by atoms with Crippen molar-refractivity contribution in [2.75, 3.05) is 19.8 Å². The Kier molecular flexibility index (Phi) is 3.14. The number of nitrogens with two attached hydrogens (primary N) is 1. The summed E-state index contributed by atoms with van der Waals surface area (Å²) in [6.45, 7) is 0.646. The van der Waals surface area contributed by atoms with E-state index in [1.165, 1.54) is 0 Å². The molecule has 3 N–H and O–H groups in total. The van der Waals surface area contributed by atoms with Crippen LogP contribution >= 0.6 is 0 Å². The zero-order valence-electron chi connectivity index (χ0n) is 9.03. The van der Waals surface area contributed by atoms with E-state index < -0.39 is 17.3 Å². The minimum Gasteiger partial charge on any atom is -0.504 e. The van der Waals surface area contributed by atoms with Crippen molar-refractivity contribution in [3.63, 3.8) is 0 Å². The smallest absolute Gasteiger partial charge is 0.176 e. The van der Waals surface area contributed by atoms with Gasteiger partial charge in [-0.25, -0.2) is 4.39 Å². The Morgan fingerprint density at radius 1 is 1.47 bits per heavy atom. The number of Topliss-reactive ketones (excluding diaryl/α,β-unsaturated/α-hetero) is 1. The highest BCUT2D eigenvalue weighted by Crippen LogP contribution is 2.41. The van der Waals surface area contributed by atoms with E-state index >= 15 is 0 Å². The Morgan fingerprint density at radius 3 is 2.88 bits per heavy atom. The van der Waals surface area contributed by atoms with Crippen LogP contribution in [0, 0.1) is 5.82 Å². The number of benzene rings is 1. The second-order valence-corrected chi connectivity index (χ2v) is 3.57. The number of ether oxygens (including phenoxy) is 2. The molecule has 0 aliphatic carbocycles. The van der Waals surface area contributed by atoms with E-state index in [9.17, 15) is 14.3 Å². The van der Waals surface area contributed by atoms with Crippen LogP contribution in [-0.2, 0) is 0 Å². The number of hydrogen-bond acceptors (Lipinski definition) is 5. The topological polar surface area (TPSA) is 81.8 Å². The van der Waals surface area contributed by atoms with Crippen LogP contribution in [0.4, 0.5) is 4.39 Å². The van der Waals surface area contributed by atoms with Crippen LogP contribution in [0.15, 0.2) is 6.07 Å². The van der Waals surface area contributed by atoms with Gasteiger partial charge in [-0.1, -0.05) is 0 Å². The Labute approximate surface area is 96.9 Å². The maximum Gasteiger partial charge on any atom is 0.176 e. The average Bonchev–Trinajstić information content (AvgIpc) is 2.31. The Bertz CT molecular complexity index is 461. The number of hydrogen-bond donors (Lipinski definition) is 2. The Hall–Kier alpha value is -1.82.